The number of rotatable bonds is 6. The van der Waals surface area contributed by atoms with Gasteiger partial charge in [-0.1, -0.05) is 18.5 Å². The Balaban J connectivity index is 0.00000110. The standard InChI is InChI=1S/C11H14ClNO4.CO2/c1-2-8-6-9(13(15)16)11(12)10(7-8)17-5-3-4-14;2-1-3/h6-7,14H,2-5H2,1H3;. The molecule has 0 spiro atoms. The highest BCUT2D eigenvalue weighted by atomic mass is 35.5. The molecule has 0 amide bonds. The maximum atomic E-state index is 10.8. The number of nitro benzene ring substituents is 1. The largest absolute Gasteiger partial charge is 0.492 e. The topological polar surface area (TPSA) is 107 Å². The van der Waals surface area contributed by atoms with E-state index in [4.69, 9.17) is 31.0 Å². The minimum Gasteiger partial charge on any atom is -0.492 e. The molecule has 1 aromatic carbocycles. The Morgan fingerprint density at radius 3 is 2.50 bits per heavy atom. The summed E-state index contributed by atoms with van der Waals surface area (Å²) in [6, 6.07) is 3.13. The number of nitrogens with zero attached hydrogens (tertiary/aromatic N) is 1. The molecular formula is C12H14ClNO6. The van der Waals surface area contributed by atoms with Crippen LogP contribution in [0, 0.1) is 10.1 Å². The summed E-state index contributed by atoms with van der Waals surface area (Å²) in [5, 5.41) is 19.4. The van der Waals surface area contributed by atoms with Gasteiger partial charge >= 0.3 is 6.15 Å². The lowest BCUT2D eigenvalue weighted by atomic mass is 10.1. The zero-order chi connectivity index (χ0) is 15.5. The van der Waals surface area contributed by atoms with Crippen LogP contribution in [0.2, 0.25) is 5.02 Å². The first-order valence-corrected chi connectivity index (χ1v) is 6.09. The van der Waals surface area contributed by atoms with Gasteiger partial charge < -0.3 is 9.84 Å². The molecule has 20 heavy (non-hydrogen) atoms. The van der Waals surface area contributed by atoms with Crippen LogP contribution in [0.4, 0.5) is 5.69 Å². The molecule has 0 aromatic heterocycles. The third-order valence-corrected chi connectivity index (χ3v) is 2.62. The first kappa shape index (κ1) is 18.0. The van der Waals surface area contributed by atoms with E-state index in [0.29, 0.717) is 18.6 Å². The third kappa shape index (κ3) is 5.79. The second-order valence-electron chi connectivity index (χ2n) is 3.55. The van der Waals surface area contributed by atoms with Gasteiger partial charge in [-0.3, -0.25) is 10.1 Å². The molecule has 0 saturated carbocycles. The third-order valence-electron chi connectivity index (χ3n) is 2.24. The summed E-state index contributed by atoms with van der Waals surface area (Å²) in [6.45, 7) is 2.18. The summed E-state index contributed by atoms with van der Waals surface area (Å²) >= 11 is 5.88. The highest BCUT2D eigenvalue weighted by Gasteiger charge is 2.18. The normalized spacial score (nSPS) is 9.15. The van der Waals surface area contributed by atoms with Crippen molar-refractivity contribution in [3.05, 3.63) is 32.8 Å². The molecule has 7 nitrogen and oxygen atoms in total. The summed E-state index contributed by atoms with van der Waals surface area (Å²) < 4.78 is 5.31. The Bertz CT molecular complexity index is 485. The zero-order valence-electron chi connectivity index (χ0n) is 10.8. The van der Waals surface area contributed by atoms with Crippen molar-refractivity contribution in [2.45, 2.75) is 19.8 Å². The molecule has 1 N–H and O–H groups in total. The predicted octanol–water partition coefficient (Wildman–Crippen LogP) is 1.99. The molecule has 0 atom stereocenters. The molecule has 110 valence electrons. The number of nitro groups is 1. The van der Waals surface area contributed by atoms with Crippen LogP contribution < -0.4 is 4.74 Å². The first-order chi connectivity index (χ1) is 9.51. The van der Waals surface area contributed by atoms with E-state index in [2.05, 4.69) is 0 Å². The number of hydrogen-bond acceptors (Lipinski definition) is 6. The summed E-state index contributed by atoms with van der Waals surface area (Å²) in [6.07, 6.45) is 1.37. The molecular weight excluding hydrogens is 290 g/mol. The van der Waals surface area contributed by atoms with Crippen molar-refractivity contribution in [3.63, 3.8) is 0 Å². The number of aryl methyl sites for hydroxylation is 1. The highest BCUT2D eigenvalue weighted by molar-refractivity contribution is 6.34. The predicted molar refractivity (Wildman–Crippen MR) is 69.7 cm³/mol. The minimum absolute atomic E-state index is 0.00476. The Labute approximate surface area is 120 Å². The van der Waals surface area contributed by atoms with Crippen LogP contribution in [0.5, 0.6) is 5.75 Å². The first-order valence-electron chi connectivity index (χ1n) is 5.71. The Hall–Kier alpha value is -1.95. The lowest BCUT2D eigenvalue weighted by Gasteiger charge is -2.09. The fourth-order valence-corrected chi connectivity index (χ4v) is 1.56. The van der Waals surface area contributed by atoms with Gasteiger partial charge in [-0.2, -0.15) is 9.59 Å². The van der Waals surface area contributed by atoms with E-state index in [9.17, 15) is 10.1 Å². The number of carbonyl (C=O) groups excluding carboxylic acids is 2. The summed E-state index contributed by atoms with van der Waals surface area (Å²) in [5.41, 5.74) is 0.644. The summed E-state index contributed by atoms with van der Waals surface area (Å²) in [7, 11) is 0. The zero-order valence-corrected chi connectivity index (χ0v) is 11.6. The number of aliphatic hydroxyl groups is 1. The smallest absolute Gasteiger partial charge is 0.373 e. The van der Waals surface area contributed by atoms with Crippen LogP contribution in [0.25, 0.3) is 0 Å². The second kappa shape index (κ2) is 9.91. The van der Waals surface area contributed by atoms with Gasteiger partial charge in [0.25, 0.3) is 5.69 Å². The number of hydrogen-bond donors (Lipinski definition) is 1. The van der Waals surface area contributed by atoms with Gasteiger partial charge in [0.1, 0.15) is 5.75 Å². The maximum Gasteiger partial charge on any atom is 0.373 e. The fourth-order valence-electron chi connectivity index (χ4n) is 1.33. The van der Waals surface area contributed by atoms with Gasteiger partial charge in [0, 0.05) is 19.1 Å². The molecule has 0 heterocycles. The van der Waals surface area contributed by atoms with Gasteiger partial charge in [0.2, 0.25) is 0 Å². The fraction of sp³-hybridized carbons (Fsp3) is 0.417. The molecule has 0 aliphatic heterocycles. The lowest BCUT2D eigenvalue weighted by molar-refractivity contribution is -0.384. The molecule has 0 saturated heterocycles. The van der Waals surface area contributed by atoms with Crippen molar-refractivity contribution in [3.8, 4) is 5.75 Å². The van der Waals surface area contributed by atoms with Crippen LogP contribution in [-0.4, -0.2) is 29.4 Å². The minimum atomic E-state index is -0.527. The molecule has 0 radical (unpaired) electrons. The van der Waals surface area contributed by atoms with Crippen molar-refractivity contribution in [1.29, 1.82) is 0 Å². The van der Waals surface area contributed by atoms with E-state index >= 15 is 0 Å². The van der Waals surface area contributed by atoms with E-state index in [1.54, 1.807) is 6.07 Å². The molecule has 0 fully saturated rings. The van der Waals surface area contributed by atoms with E-state index in [-0.39, 0.29) is 30.1 Å². The number of ether oxygens (including phenoxy) is 1. The molecule has 0 aliphatic carbocycles. The number of benzene rings is 1. The van der Waals surface area contributed by atoms with Crippen LogP contribution in [0.15, 0.2) is 12.1 Å². The van der Waals surface area contributed by atoms with Crippen LogP contribution in [0.1, 0.15) is 18.9 Å². The van der Waals surface area contributed by atoms with E-state index in [0.717, 1.165) is 5.56 Å². The highest BCUT2D eigenvalue weighted by Crippen LogP contribution is 2.35. The molecule has 0 aliphatic rings. The van der Waals surface area contributed by atoms with Crippen molar-refractivity contribution in [2.75, 3.05) is 13.2 Å². The quantitative estimate of drug-likeness (QED) is 0.489. The molecule has 8 heteroatoms. The average Bonchev–Trinajstić information content (AvgIpc) is 2.41. The lowest BCUT2D eigenvalue weighted by Crippen LogP contribution is -2.02. The number of halogens is 1. The number of aliphatic hydroxyl groups excluding tert-OH is 1. The maximum absolute atomic E-state index is 10.8. The SMILES string of the molecule is CCc1cc(OCCCO)c(Cl)c([N+](=O)[O-])c1.O=C=O. The van der Waals surface area contributed by atoms with Crippen LogP contribution >= 0.6 is 11.6 Å². The molecule has 1 aromatic rings. The van der Waals surface area contributed by atoms with Gasteiger partial charge in [0.05, 0.1) is 11.5 Å². The van der Waals surface area contributed by atoms with Crippen LogP contribution in [-0.2, 0) is 16.0 Å². The monoisotopic (exact) mass is 303 g/mol. The van der Waals surface area contributed by atoms with Crippen LogP contribution in [0.3, 0.4) is 0 Å². The van der Waals surface area contributed by atoms with Gasteiger partial charge in [-0.05, 0) is 18.1 Å². The second-order valence-corrected chi connectivity index (χ2v) is 3.92. The summed E-state index contributed by atoms with van der Waals surface area (Å²) in [5.74, 6) is 0.297. The van der Waals surface area contributed by atoms with E-state index in [1.807, 2.05) is 6.92 Å². The summed E-state index contributed by atoms with van der Waals surface area (Å²) in [4.78, 5) is 26.5. The van der Waals surface area contributed by atoms with Gasteiger partial charge in [-0.25, -0.2) is 0 Å². The molecule has 1 rings (SSSR count). The Morgan fingerprint density at radius 2 is 2.05 bits per heavy atom. The average molecular weight is 304 g/mol. The Morgan fingerprint density at radius 1 is 1.45 bits per heavy atom. The van der Waals surface area contributed by atoms with E-state index < -0.39 is 4.92 Å². The van der Waals surface area contributed by atoms with Crippen molar-refractivity contribution in [2.24, 2.45) is 0 Å². The van der Waals surface area contributed by atoms with Gasteiger partial charge in [-0.15, -0.1) is 0 Å². The molecule has 0 unspecified atom stereocenters. The van der Waals surface area contributed by atoms with Gasteiger partial charge in [0.15, 0.2) is 5.02 Å². The Kier molecular flexibility index (Phi) is 8.95. The van der Waals surface area contributed by atoms with E-state index in [1.165, 1.54) is 6.07 Å². The van der Waals surface area contributed by atoms with Crippen molar-refractivity contribution < 1.29 is 24.4 Å². The van der Waals surface area contributed by atoms with Crippen molar-refractivity contribution in [1.82, 2.24) is 0 Å². The molecule has 0 bridgehead atoms. The van der Waals surface area contributed by atoms with Crippen molar-refractivity contribution >= 4 is 23.4 Å².